The summed E-state index contributed by atoms with van der Waals surface area (Å²) >= 11 is 1.79. The van der Waals surface area contributed by atoms with Gasteiger partial charge in [0.25, 0.3) is 0 Å². The molecule has 2 rings (SSSR count). The first-order chi connectivity index (χ1) is 11.3. The van der Waals surface area contributed by atoms with Crippen LogP contribution in [0.1, 0.15) is 36.9 Å². The Morgan fingerprint density at radius 1 is 1.44 bits per heavy atom. The van der Waals surface area contributed by atoms with Crippen LogP contribution >= 0.6 is 35.3 Å². The first kappa shape index (κ1) is 22.0. The molecule has 1 aromatic rings. The maximum atomic E-state index is 11.9. The standard InChI is InChI=1S/C17H28N4O2S.HI/c1-12-6-7-14(24-12)10-19-15(18-5)21-9-8-13(11-21)20-16(22)23-17(2,3)4;/h6-7,13H,8-11H2,1-5H3,(H,18,19)(H,20,22);1H. The van der Waals surface area contributed by atoms with Crippen LogP contribution in [0.25, 0.3) is 0 Å². The summed E-state index contributed by atoms with van der Waals surface area (Å²) in [5.74, 6) is 0.870. The zero-order valence-electron chi connectivity index (χ0n) is 15.6. The van der Waals surface area contributed by atoms with Crippen LogP contribution in [-0.2, 0) is 11.3 Å². The van der Waals surface area contributed by atoms with Gasteiger partial charge < -0.3 is 20.3 Å². The molecule has 0 bridgehead atoms. The van der Waals surface area contributed by atoms with Crippen molar-refractivity contribution in [1.29, 1.82) is 0 Å². The monoisotopic (exact) mass is 480 g/mol. The minimum Gasteiger partial charge on any atom is -0.444 e. The van der Waals surface area contributed by atoms with Gasteiger partial charge in [0.1, 0.15) is 5.60 Å². The van der Waals surface area contributed by atoms with Gasteiger partial charge in [-0.15, -0.1) is 35.3 Å². The second kappa shape index (κ2) is 9.61. The molecule has 8 heteroatoms. The number of hydrogen-bond acceptors (Lipinski definition) is 4. The predicted molar refractivity (Wildman–Crippen MR) is 114 cm³/mol. The summed E-state index contributed by atoms with van der Waals surface area (Å²) in [6.45, 7) is 10.1. The third-order valence-electron chi connectivity index (χ3n) is 3.64. The summed E-state index contributed by atoms with van der Waals surface area (Å²) < 4.78 is 5.32. The summed E-state index contributed by atoms with van der Waals surface area (Å²) in [4.78, 5) is 21.0. The van der Waals surface area contributed by atoms with Crippen LogP contribution in [0.5, 0.6) is 0 Å². The van der Waals surface area contributed by atoms with Crippen LogP contribution in [0.4, 0.5) is 4.79 Å². The number of likely N-dealkylation sites (tertiary alicyclic amines) is 1. The lowest BCUT2D eigenvalue weighted by Gasteiger charge is -2.23. The van der Waals surface area contributed by atoms with Crippen molar-refractivity contribution < 1.29 is 9.53 Å². The van der Waals surface area contributed by atoms with Crippen molar-refractivity contribution in [3.05, 3.63) is 21.9 Å². The Kier molecular flexibility index (Phi) is 8.46. The third kappa shape index (κ3) is 7.39. The Morgan fingerprint density at radius 2 is 2.16 bits per heavy atom. The number of carbonyl (C=O) groups excluding carboxylic acids is 1. The molecule has 0 saturated carbocycles. The van der Waals surface area contributed by atoms with Crippen LogP contribution in [0.3, 0.4) is 0 Å². The van der Waals surface area contributed by atoms with Gasteiger partial charge >= 0.3 is 6.09 Å². The zero-order chi connectivity index (χ0) is 17.7. The van der Waals surface area contributed by atoms with E-state index in [0.717, 1.165) is 32.0 Å². The molecule has 1 aliphatic heterocycles. The fraction of sp³-hybridized carbons (Fsp3) is 0.647. The minimum atomic E-state index is -0.473. The molecule has 2 N–H and O–H groups in total. The Balaban J connectivity index is 0.00000312. The first-order valence-electron chi connectivity index (χ1n) is 8.27. The van der Waals surface area contributed by atoms with Gasteiger partial charge in [0.2, 0.25) is 0 Å². The van der Waals surface area contributed by atoms with E-state index in [1.54, 1.807) is 18.4 Å². The number of alkyl carbamates (subject to hydrolysis) is 1. The predicted octanol–water partition coefficient (Wildman–Crippen LogP) is 3.35. The van der Waals surface area contributed by atoms with Crippen molar-refractivity contribution in [2.75, 3.05) is 20.1 Å². The third-order valence-corrected chi connectivity index (χ3v) is 4.64. The first-order valence-corrected chi connectivity index (χ1v) is 9.09. The second-order valence-corrected chi connectivity index (χ2v) is 8.36. The maximum Gasteiger partial charge on any atom is 0.407 e. The molecule has 1 amide bonds. The molecule has 0 spiro atoms. The topological polar surface area (TPSA) is 66.0 Å². The van der Waals surface area contributed by atoms with Crippen molar-refractivity contribution in [2.24, 2.45) is 4.99 Å². The van der Waals surface area contributed by atoms with E-state index < -0.39 is 5.60 Å². The maximum absolute atomic E-state index is 11.9. The summed E-state index contributed by atoms with van der Waals surface area (Å²) in [5, 5.41) is 6.33. The van der Waals surface area contributed by atoms with E-state index in [9.17, 15) is 4.79 Å². The number of rotatable bonds is 3. The van der Waals surface area contributed by atoms with Gasteiger partial charge in [0, 0.05) is 29.9 Å². The highest BCUT2D eigenvalue weighted by Crippen LogP contribution is 2.15. The van der Waals surface area contributed by atoms with Crippen LogP contribution in [-0.4, -0.2) is 48.7 Å². The van der Waals surface area contributed by atoms with E-state index >= 15 is 0 Å². The number of hydrogen-bond donors (Lipinski definition) is 2. The number of guanidine groups is 1. The van der Waals surface area contributed by atoms with Gasteiger partial charge in [-0.05, 0) is 46.2 Å². The summed E-state index contributed by atoms with van der Waals surface area (Å²) in [7, 11) is 1.79. The normalized spacial score (nSPS) is 17.9. The highest BCUT2D eigenvalue weighted by Gasteiger charge is 2.27. The molecule has 2 heterocycles. The average molecular weight is 480 g/mol. The number of aryl methyl sites for hydroxylation is 1. The molecule has 6 nitrogen and oxygen atoms in total. The lowest BCUT2D eigenvalue weighted by Crippen LogP contribution is -2.44. The fourth-order valence-electron chi connectivity index (χ4n) is 2.62. The highest BCUT2D eigenvalue weighted by atomic mass is 127. The van der Waals surface area contributed by atoms with Crippen LogP contribution in [0.2, 0.25) is 0 Å². The SMILES string of the molecule is CN=C(NCc1ccc(C)s1)N1CCC(NC(=O)OC(C)(C)C)C1.I. The average Bonchev–Trinajstić information content (AvgIpc) is 3.07. The van der Waals surface area contributed by atoms with E-state index in [0.29, 0.717) is 0 Å². The summed E-state index contributed by atoms with van der Waals surface area (Å²) in [5.41, 5.74) is -0.473. The Hall–Kier alpha value is -1.03. The van der Waals surface area contributed by atoms with Gasteiger partial charge in [0.15, 0.2) is 5.96 Å². The Bertz CT molecular complexity index is 598. The molecule has 1 unspecified atom stereocenters. The lowest BCUT2D eigenvalue weighted by molar-refractivity contribution is 0.0507. The Labute approximate surface area is 171 Å². The van der Waals surface area contributed by atoms with Gasteiger partial charge in [-0.1, -0.05) is 0 Å². The van der Waals surface area contributed by atoms with Crippen molar-refractivity contribution in [2.45, 2.75) is 52.3 Å². The fourth-order valence-corrected chi connectivity index (χ4v) is 3.45. The van der Waals surface area contributed by atoms with Crippen molar-refractivity contribution >= 4 is 47.4 Å². The molecule has 1 fully saturated rings. The molecule has 25 heavy (non-hydrogen) atoms. The molecule has 0 aliphatic carbocycles. The van der Waals surface area contributed by atoms with Crippen LogP contribution in [0, 0.1) is 6.92 Å². The van der Waals surface area contributed by atoms with Gasteiger partial charge in [-0.3, -0.25) is 4.99 Å². The van der Waals surface area contributed by atoms with Crippen molar-refractivity contribution in [3.63, 3.8) is 0 Å². The Morgan fingerprint density at radius 3 is 2.72 bits per heavy atom. The van der Waals surface area contributed by atoms with E-state index in [1.165, 1.54) is 9.75 Å². The van der Waals surface area contributed by atoms with Gasteiger partial charge in [-0.2, -0.15) is 0 Å². The number of amides is 1. The van der Waals surface area contributed by atoms with Crippen molar-refractivity contribution in [1.82, 2.24) is 15.5 Å². The molecule has 1 saturated heterocycles. The lowest BCUT2D eigenvalue weighted by atomic mass is 10.2. The number of nitrogens with zero attached hydrogens (tertiary/aromatic N) is 2. The summed E-state index contributed by atoms with van der Waals surface area (Å²) in [6.07, 6.45) is 0.532. The molecule has 0 radical (unpaired) electrons. The van der Waals surface area contributed by atoms with Gasteiger partial charge in [-0.25, -0.2) is 4.79 Å². The van der Waals surface area contributed by atoms with Crippen LogP contribution < -0.4 is 10.6 Å². The molecule has 1 atom stereocenters. The number of aliphatic imine (C=N–C) groups is 1. The summed E-state index contributed by atoms with van der Waals surface area (Å²) in [6, 6.07) is 4.35. The van der Waals surface area contributed by atoms with Crippen LogP contribution in [0.15, 0.2) is 17.1 Å². The molecular formula is C17H29IN4O2S. The molecule has 0 aromatic carbocycles. The quantitative estimate of drug-likeness (QED) is 0.396. The number of ether oxygens (including phenoxy) is 1. The number of thiophene rings is 1. The zero-order valence-corrected chi connectivity index (χ0v) is 18.7. The van der Waals surface area contributed by atoms with E-state index in [1.807, 2.05) is 20.8 Å². The minimum absolute atomic E-state index is 0. The molecule has 142 valence electrons. The second-order valence-electron chi connectivity index (χ2n) is 6.99. The van der Waals surface area contributed by atoms with Crippen molar-refractivity contribution in [3.8, 4) is 0 Å². The van der Waals surface area contributed by atoms with E-state index in [4.69, 9.17) is 4.74 Å². The smallest absolute Gasteiger partial charge is 0.407 e. The molecular weight excluding hydrogens is 451 g/mol. The largest absolute Gasteiger partial charge is 0.444 e. The number of carbonyl (C=O) groups is 1. The van der Waals surface area contributed by atoms with E-state index in [-0.39, 0.29) is 36.1 Å². The number of nitrogens with one attached hydrogen (secondary N) is 2. The highest BCUT2D eigenvalue weighted by molar-refractivity contribution is 14.0. The van der Waals surface area contributed by atoms with E-state index in [2.05, 4.69) is 39.6 Å². The van der Waals surface area contributed by atoms with Gasteiger partial charge in [0.05, 0.1) is 12.6 Å². The number of halogens is 1. The molecule has 1 aliphatic rings. The molecule has 1 aromatic heterocycles.